The summed E-state index contributed by atoms with van der Waals surface area (Å²) in [5.41, 5.74) is 19.3. The zero-order valence-electron chi connectivity index (χ0n) is 23.0. The number of hydrogen-bond acceptors (Lipinski definition) is 12. The molecule has 214 valence electrons. The molecule has 0 aliphatic carbocycles. The van der Waals surface area contributed by atoms with Crippen LogP contribution in [0, 0.1) is 24.0 Å². The summed E-state index contributed by atoms with van der Waals surface area (Å²) >= 11 is 2.92. The molecule has 11 nitrogen and oxygen atoms in total. The van der Waals surface area contributed by atoms with Crippen LogP contribution in [-0.2, 0) is 0 Å². The number of nitrogens with one attached hydrogen (secondary N) is 4. The van der Waals surface area contributed by atoms with Gasteiger partial charge in [-0.1, -0.05) is 11.3 Å². The highest BCUT2D eigenvalue weighted by molar-refractivity contribution is 7.20. The third-order valence-corrected chi connectivity index (χ3v) is 8.83. The second kappa shape index (κ2) is 12.0. The monoisotopic (exact) mass is 599 g/mol. The van der Waals surface area contributed by atoms with Crippen molar-refractivity contribution in [3.63, 3.8) is 0 Å². The van der Waals surface area contributed by atoms with Gasteiger partial charge in [-0.05, 0) is 104 Å². The molecule has 1 saturated heterocycles. The topological polar surface area (TPSA) is 132 Å². The molecular formula is C29H29N9O2S2. The molecule has 42 heavy (non-hydrogen) atoms. The largest absolute Gasteiger partial charge is 0.363 e. The minimum atomic E-state index is -0.428. The smallest absolute Gasteiger partial charge is 0.270 e. The number of hydrazine groups is 2. The number of aromatic nitrogens is 1. The van der Waals surface area contributed by atoms with Gasteiger partial charge in [0.05, 0.1) is 38.2 Å². The van der Waals surface area contributed by atoms with Crippen molar-refractivity contribution in [2.24, 2.45) is 10.2 Å². The molecule has 2 aromatic heterocycles. The first-order valence-corrected chi connectivity index (χ1v) is 15.1. The van der Waals surface area contributed by atoms with Crippen molar-refractivity contribution < 1.29 is 4.92 Å². The molecule has 0 bridgehead atoms. The zero-order chi connectivity index (χ0) is 29.1. The Hall–Kier alpha value is -4.75. The first-order chi connectivity index (χ1) is 20.4. The minimum absolute atomic E-state index is 0.000760. The summed E-state index contributed by atoms with van der Waals surface area (Å²) in [7, 11) is 0. The summed E-state index contributed by atoms with van der Waals surface area (Å²) in [6, 6.07) is 20.7. The lowest BCUT2D eigenvalue weighted by Gasteiger charge is -2.15. The number of non-ortho nitro benzene ring substituents is 1. The van der Waals surface area contributed by atoms with Gasteiger partial charge in [0.15, 0.2) is 5.00 Å². The molecule has 3 heterocycles. The quantitative estimate of drug-likeness (QED) is 0.0711. The van der Waals surface area contributed by atoms with E-state index in [1.54, 1.807) is 17.4 Å². The fourth-order valence-corrected chi connectivity index (χ4v) is 6.30. The Morgan fingerprint density at radius 2 is 1.62 bits per heavy atom. The number of anilines is 5. The average Bonchev–Trinajstić information content (AvgIpc) is 3.76. The fraction of sp³-hybridized carbons (Fsp3) is 0.207. The van der Waals surface area contributed by atoms with E-state index in [2.05, 4.69) is 66.3 Å². The summed E-state index contributed by atoms with van der Waals surface area (Å²) < 4.78 is 4.31. The summed E-state index contributed by atoms with van der Waals surface area (Å²) in [4.78, 5) is 13.2. The number of nitro groups is 1. The van der Waals surface area contributed by atoms with Crippen molar-refractivity contribution >= 4 is 77.2 Å². The highest BCUT2D eigenvalue weighted by atomic mass is 32.1. The van der Waals surface area contributed by atoms with Crippen LogP contribution in [0.5, 0.6) is 0 Å². The van der Waals surface area contributed by atoms with E-state index in [0.717, 1.165) is 57.8 Å². The number of aryl methyl sites for hydroxylation is 2. The van der Waals surface area contributed by atoms with Crippen molar-refractivity contribution in [3.05, 3.63) is 88.0 Å². The lowest BCUT2D eigenvalue weighted by molar-refractivity contribution is -0.384. The number of nitrogens with zero attached hydrogens (tertiary/aromatic N) is 5. The Bertz CT molecular complexity index is 1780. The molecule has 0 amide bonds. The summed E-state index contributed by atoms with van der Waals surface area (Å²) in [6.07, 6.45) is 2.54. The van der Waals surface area contributed by atoms with Crippen LogP contribution in [0.15, 0.2) is 77.0 Å². The molecule has 13 heteroatoms. The molecule has 1 aliphatic heterocycles. The van der Waals surface area contributed by atoms with Crippen molar-refractivity contribution in [2.75, 3.05) is 39.7 Å². The van der Waals surface area contributed by atoms with E-state index >= 15 is 0 Å². The van der Waals surface area contributed by atoms with Crippen molar-refractivity contribution in [1.82, 2.24) is 4.37 Å². The number of hydrogen-bond donors (Lipinski definition) is 4. The van der Waals surface area contributed by atoms with Gasteiger partial charge in [0.2, 0.25) is 0 Å². The second-order valence-electron chi connectivity index (χ2n) is 10.0. The van der Waals surface area contributed by atoms with Crippen LogP contribution in [0.1, 0.15) is 24.0 Å². The number of azo groups is 1. The highest BCUT2D eigenvalue weighted by Crippen LogP contribution is 2.35. The van der Waals surface area contributed by atoms with Gasteiger partial charge in [0.1, 0.15) is 5.00 Å². The standard InChI is InChI=1S/C29H29N9O2S2/c1-18-16-21(31-34-27-11-12-28(41-27)37-13-3-4-14-37)6-8-24(18)32-30-20-5-9-25(19(2)15-20)33-35-29-23-17-22(38(39)40)7-10-26(23)36-42-29/h5-12,15-17,30-32,34H,3-4,13-14H2,1-2H3. The summed E-state index contributed by atoms with van der Waals surface area (Å²) in [6.45, 7) is 6.30. The first kappa shape index (κ1) is 27.4. The number of nitro benzene ring substituents is 1. The van der Waals surface area contributed by atoms with Gasteiger partial charge in [-0.15, -0.1) is 10.2 Å². The molecule has 1 aliphatic rings. The predicted octanol–water partition coefficient (Wildman–Crippen LogP) is 8.78. The lowest BCUT2D eigenvalue weighted by atomic mass is 10.2. The Morgan fingerprint density at radius 3 is 2.38 bits per heavy atom. The Labute approximate surface area is 250 Å². The van der Waals surface area contributed by atoms with Crippen LogP contribution >= 0.6 is 22.9 Å². The van der Waals surface area contributed by atoms with E-state index in [4.69, 9.17) is 0 Å². The molecule has 0 radical (unpaired) electrons. The first-order valence-electron chi connectivity index (χ1n) is 13.5. The molecule has 3 aromatic carbocycles. The van der Waals surface area contributed by atoms with E-state index in [0.29, 0.717) is 21.6 Å². The van der Waals surface area contributed by atoms with Crippen LogP contribution in [0.3, 0.4) is 0 Å². The number of rotatable bonds is 10. The number of benzene rings is 3. The summed E-state index contributed by atoms with van der Waals surface area (Å²) in [5.74, 6) is 0. The fourth-order valence-electron chi connectivity index (χ4n) is 4.70. The van der Waals surface area contributed by atoms with Gasteiger partial charge in [-0.25, -0.2) is 0 Å². The van der Waals surface area contributed by atoms with Crippen LogP contribution in [0.25, 0.3) is 10.9 Å². The number of fused-ring (bicyclic) bond motifs is 1. The SMILES string of the molecule is Cc1cc(NNc2ccc(NNc3ccc(N4CCCC4)s3)cc2C)ccc1N=Nc1snc2ccc([N+](=O)[O-])cc12. The molecule has 0 unspecified atom stereocenters. The molecule has 6 rings (SSSR count). The molecule has 0 atom stereocenters. The highest BCUT2D eigenvalue weighted by Gasteiger charge is 2.14. The van der Waals surface area contributed by atoms with Crippen LogP contribution in [0.4, 0.5) is 43.4 Å². The maximum atomic E-state index is 11.1. The Kier molecular flexibility index (Phi) is 7.84. The summed E-state index contributed by atoms with van der Waals surface area (Å²) in [5, 5.41) is 23.4. The van der Waals surface area contributed by atoms with Crippen molar-refractivity contribution in [3.8, 4) is 0 Å². The van der Waals surface area contributed by atoms with E-state index in [-0.39, 0.29) is 5.69 Å². The van der Waals surface area contributed by atoms with E-state index < -0.39 is 4.92 Å². The van der Waals surface area contributed by atoms with Crippen LogP contribution < -0.4 is 26.6 Å². The third-order valence-electron chi connectivity index (χ3n) is 7.00. The van der Waals surface area contributed by atoms with E-state index in [9.17, 15) is 10.1 Å². The van der Waals surface area contributed by atoms with Gasteiger partial charge in [-0.3, -0.25) is 15.5 Å². The van der Waals surface area contributed by atoms with Gasteiger partial charge < -0.3 is 21.2 Å². The lowest BCUT2D eigenvalue weighted by Crippen LogP contribution is -2.15. The maximum absolute atomic E-state index is 11.1. The van der Waals surface area contributed by atoms with Gasteiger partial charge in [0.25, 0.3) is 5.69 Å². The molecule has 1 fully saturated rings. The molecule has 0 spiro atoms. The van der Waals surface area contributed by atoms with Crippen LogP contribution in [0.2, 0.25) is 0 Å². The molecule has 5 aromatic rings. The maximum Gasteiger partial charge on any atom is 0.270 e. The van der Waals surface area contributed by atoms with Gasteiger partial charge in [-0.2, -0.15) is 4.37 Å². The zero-order valence-corrected chi connectivity index (χ0v) is 24.7. The Morgan fingerprint density at radius 1 is 0.857 bits per heavy atom. The van der Waals surface area contributed by atoms with Gasteiger partial charge in [0, 0.05) is 30.6 Å². The molecular weight excluding hydrogens is 571 g/mol. The van der Waals surface area contributed by atoms with Crippen molar-refractivity contribution in [1.29, 1.82) is 0 Å². The number of thiophene rings is 1. The minimum Gasteiger partial charge on any atom is -0.363 e. The normalized spacial score (nSPS) is 13.1. The third kappa shape index (κ3) is 6.11. The Balaban J connectivity index is 1.05. The second-order valence-corrected chi connectivity index (χ2v) is 11.8. The van der Waals surface area contributed by atoms with Gasteiger partial charge >= 0.3 is 0 Å². The van der Waals surface area contributed by atoms with Crippen molar-refractivity contribution in [2.45, 2.75) is 26.7 Å². The van der Waals surface area contributed by atoms with E-state index in [1.165, 1.54) is 30.0 Å². The molecule has 4 N–H and O–H groups in total. The van der Waals surface area contributed by atoms with Crippen LogP contribution in [-0.4, -0.2) is 22.4 Å². The predicted molar refractivity (Wildman–Crippen MR) is 173 cm³/mol. The average molecular weight is 600 g/mol. The van der Waals surface area contributed by atoms with E-state index in [1.807, 2.05) is 37.3 Å². The molecule has 0 saturated carbocycles.